The van der Waals surface area contributed by atoms with Gasteiger partial charge in [-0.15, -0.1) is 0 Å². The molecule has 1 aromatic heterocycles. The van der Waals surface area contributed by atoms with Crippen molar-refractivity contribution in [3.05, 3.63) is 58.4 Å². The van der Waals surface area contributed by atoms with Gasteiger partial charge in [0.05, 0.1) is 10.4 Å². The summed E-state index contributed by atoms with van der Waals surface area (Å²) in [6.45, 7) is 2.93. The lowest BCUT2D eigenvalue weighted by Crippen LogP contribution is -2.35. The summed E-state index contributed by atoms with van der Waals surface area (Å²) in [4.78, 5) is 23.0. The molecule has 0 aliphatic carbocycles. The van der Waals surface area contributed by atoms with Gasteiger partial charge >= 0.3 is 5.69 Å². The lowest BCUT2D eigenvalue weighted by Gasteiger charge is -2.18. The number of hydrogen-bond donors (Lipinski definition) is 2. The van der Waals surface area contributed by atoms with E-state index in [-0.39, 0.29) is 16.5 Å². The van der Waals surface area contributed by atoms with E-state index in [4.69, 9.17) is 5.21 Å². The first-order valence-electron chi connectivity index (χ1n) is 7.84. The van der Waals surface area contributed by atoms with E-state index >= 15 is 0 Å². The molecular formula is C18H15FN3O3+. The van der Waals surface area contributed by atoms with Crippen LogP contribution in [0.1, 0.15) is 16.1 Å². The van der Waals surface area contributed by atoms with Crippen molar-refractivity contribution >= 4 is 22.5 Å². The minimum atomic E-state index is -0.398. The second-order valence-corrected chi connectivity index (χ2v) is 6.05. The van der Waals surface area contributed by atoms with Crippen LogP contribution in [0.4, 0.5) is 10.1 Å². The highest BCUT2D eigenvalue weighted by molar-refractivity contribution is 6.06. The third-order valence-corrected chi connectivity index (χ3v) is 4.61. The summed E-state index contributed by atoms with van der Waals surface area (Å²) < 4.78 is 16.1. The van der Waals surface area contributed by atoms with E-state index in [1.807, 2.05) is 11.5 Å². The zero-order valence-corrected chi connectivity index (χ0v) is 13.4. The maximum atomic E-state index is 14.2. The van der Waals surface area contributed by atoms with Crippen molar-refractivity contribution in [1.82, 2.24) is 9.88 Å². The Labute approximate surface area is 142 Å². The van der Waals surface area contributed by atoms with Crippen molar-refractivity contribution in [1.29, 1.82) is 0 Å². The van der Waals surface area contributed by atoms with Crippen LogP contribution in [0, 0.1) is 17.6 Å². The van der Waals surface area contributed by atoms with Crippen LogP contribution < -0.4 is 5.32 Å². The van der Waals surface area contributed by atoms with Gasteiger partial charge in [0.15, 0.2) is 0 Å². The molecule has 7 heteroatoms. The highest BCUT2D eigenvalue weighted by Gasteiger charge is 2.26. The van der Waals surface area contributed by atoms with Crippen LogP contribution in [0.15, 0.2) is 36.4 Å². The smallest absolute Gasteiger partial charge is 0.316 e. The minimum Gasteiger partial charge on any atom is -0.349 e. The van der Waals surface area contributed by atoms with E-state index in [0.717, 1.165) is 11.1 Å². The van der Waals surface area contributed by atoms with Crippen molar-refractivity contribution in [2.45, 2.75) is 13.5 Å². The Morgan fingerprint density at radius 3 is 2.64 bits per heavy atom. The molecule has 126 valence electrons. The van der Waals surface area contributed by atoms with Crippen molar-refractivity contribution in [3.8, 4) is 11.1 Å². The van der Waals surface area contributed by atoms with E-state index in [1.165, 1.54) is 24.3 Å². The van der Waals surface area contributed by atoms with Crippen LogP contribution in [0.3, 0.4) is 0 Å². The highest BCUT2D eigenvalue weighted by atomic mass is 19.1. The van der Waals surface area contributed by atoms with E-state index in [1.54, 1.807) is 12.1 Å². The number of amides is 1. The summed E-state index contributed by atoms with van der Waals surface area (Å²) >= 11 is 0. The van der Waals surface area contributed by atoms with Crippen LogP contribution in [-0.4, -0.2) is 27.1 Å². The Kier molecular flexibility index (Phi) is 3.31. The number of halogens is 1. The molecule has 0 saturated heterocycles. The van der Waals surface area contributed by atoms with Gasteiger partial charge in [-0.2, -0.15) is 0 Å². The highest BCUT2D eigenvalue weighted by Crippen LogP contribution is 2.36. The van der Waals surface area contributed by atoms with Crippen molar-refractivity contribution in [2.75, 3.05) is 6.54 Å². The number of carbonyl (C=O) groups excluding carboxylic acids is 1. The van der Waals surface area contributed by atoms with Gasteiger partial charge in [0, 0.05) is 36.2 Å². The zero-order valence-electron chi connectivity index (χ0n) is 13.4. The molecule has 0 saturated carbocycles. The number of carbonyl (C=O) groups is 1. The molecule has 2 N–H and O–H groups in total. The standard InChI is InChI=1S/C18H14FN3O3/c1-10-14-8-12(19)9-15(11-2-4-13(5-3-11)22(24)25)17(14)21-7-6-20-18(23)16(10)21/h2-5,8-9H,6-7H2,1H3,(H-,20,23,24,25)/p+1. The Balaban J connectivity index is 2.02. The maximum Gasteiger partial charge on any atom is 0.316 e. The summed E-state index contributed by atoms with van der Waals surface area (Å²) in [5.74, 6) is -0.561. The predicted octanol–water partition coefficient (Wildman–Crippen LogP) is 3.30. The summed E-state index contributed by atoms with van der Waals surface area (Å²) in [5.41, 5.74) is 3.50. The molecular weight excluding hydrogens is 325 g/mol. The number of aryl methyl sites for hydroxylation is 1. The molecule has 1 aliphatic rings. The number of aromatic nitrogens is 1. The number of benzene rings is 2. The van der Waals surface area contributed by atoms with Gasteiger partial charge in [-0.05, 0) is 42.3 Å². The van der Waals surface area contributed by atoms with Crippen LogP contribution in [0.5, 0.6) is 0 Å². The largest absolute Gasteiger partial charge is 0.349 e. The van der Waals surface area contributed by atoms with Crippen molar-refractivity contribution in [2.24, 2.45) is 0 Å². The monoisotopic (exact) mass is 340 g/mol. The second kappa shape index (κ2) is 5.41. The summed E-state index contributed by atoms with van der Waals surface area (Å²) in [6, 6.07) is 9.06. The predicted molar refractivity (Wildman–Crippen MR) is 89.5 cm³/mol. The molecule has 6 nitrogen and oxygen atoms in total. The van der Waals surface area contributed by atoms with E-state index in [0.29, 0.717) is 35.3 Å². The van der Waals surface area contributed by atoms with Crippen LogP contribution >= 0.6 is 0 Å². The quantitative estimate of drug-likeness (QED) is 0.703. The van der Waals surface area contributed by atoms with Gasteiger partial charge in [0.2, 0.25) is 0 Å². The lowest BCUT2D eigenvalue weighted by molar-refractivity contribution is -0.729. The van der Waals surface area contributed by atoms with E-state index in [2.05, 4.69) is 5.32 Å². The molecule has 4 rings (SSSR count). The van der Waals surface area contributed by atoms with Crippen molar-refractivity contribution < 1.29 is 19.3 Å². The molecule has 0 unspecified atom stereocenters. The zero-order chi connectivity index (χ0) is 17.7. The number of fused-ring (bicyclic) bond motifs is 3. The topological polar surface area (TPSA) is 74.3 Å². The molecule has 2 heterocycles. The summed E-state index contributed by atoms with van der Waals surface area (Å²) in [6.07, 6.45) is 0. The fourth-order valence-electron chi connectivity index (χ4n) is 3.49. The number of hydrogen-bond acceptors (Lipinski definition) is 2. The second-order valence-electron chi connectivity index (χ2n) is 6.05. The number of rotatable bonds is 2. The third kappa shape index (κ3) is 2.27. The van der Waals surface area contributed by atoms with Crippen LogP contribution in [0.25, 0.3) is 22.0 Å². The van der Waals surface area contributed by atoms with Gasteiger partial charge in [0.1, 0.15) is 11.5 Å². The molecule has 0 atom stereocenters. The fourth-order valence-corrected chi connectivity index (χ4v) is 3.49. The first-order chi connectivity index (χ1) is 12.0. The number of nitrogens with zero attached hydrogens (tertiary/aromatic N) is 2. The maximum absolute atomic E-state index is 14.2. The number of nitrogens with one attached hydrogen (secondary N) is 1. The Morgan fingerprint density at radius 2 is 1.96 bits per heavy atom. The lowest BCUT2D eigenvalue weighted by atomic mass is 10.0. The van der Waals surface area contributed by atoms with Crippen LogP contribution in [-0.2, 0) is 6.54 Å². The first-order valence-corrected chi connectivity index (χ1v) is 7.84. The molecule has 1 aliphatic heterocycles. The third-order valence-electron chi connectivity index (χ3n) is 4.61. The normalized spacial score (nSPS) is 13.6. The molecule has 0 fully saturated rings. The van der Waals surface area contributed by atoms with Gasteiger partial charge in [-0.25, -0.2) is 9.60 Å². The fraction of sp³-hybridized carbons (Fsp3) is 0.167. The Morgan fingerprint density at radius 1 is 1.24 bits per heavy atom. The average Bonchev–Trinajstić information content (AvgIpc) is 2.88. The van der Waals surface area contributed by atoms with E-state index < -0.39 is 5.82 Å². The first kappa shape index (κ1) is 15.3. The summed E-state index contributed by atoms with van der Waals surface area (Å²) in [5, 5.41) is 12.5. The molecule has 0 spiro atoms. The minimum absolute atomic E-state index is 0.0872. The molecule has 0 radical (unpaired) electrons. The Hall–Kier alpha value is -3.22. The van der Waals surface area contributed by atoms with Crippen molar-refractivity contribution in [3.63, 3.8) is 0 Å². The SMILES string of the molecule is Cc1c2n(c3c(-c4ccc([N+](=O)O)cc4)cc(F)cc13)CCNC2=O. The summed E-state index contributed by atoms with van der Waals surface area (Å²) in [7, 11) is 0. The van der Waals surface area contributed by atoms with E-state index in [9.17, 15) is 14.1 Å². The molecule has 25 heavy (non-hydrogen) atoms. The Bertz CT molecular complexity index is 1040. The molecule has 3 aromatic rings. The molecule has 2 aromatic carbocycles. The van der Waals surface area contributed by atoms with Gasteiger partial charge in [0.25, 0.3) is 10.8 Å². The average molecular weight is 340 g/mol. The van der Waals surface area contributed by atoms with Gasteiger partial charge in [-0.1, -0.05) is 0 Å². The van der Waals surface area contributed by atoms with Crippen LogP contribution in [0.2, 0.25) is 0 Å². The molecule has 0 bridgehead atoms. The van der Waals surface area contributed by atoms with Gasteiger partial charge in [-0.3, -0.25) is 4.79 Å². The molecule has 1 amide bonds. The van der Waals surface area contributed by atoms with Gasteiger partial charge < -0.3 is 9.88 Å².